The van der Waals surface area contributed by atoms with Crippen LogP contribution in [0.2, 0.25) is 0 Å². The van der Waals surface area contributed by atoms with Gasteiger partial charge in [0.1, 0.15) is 0 Å². The Kier molecular flexibility index (Phi) is 6.58. The van der Waals surface area contributed by atoms with Crippen molar-refractivity contribution < 1.29 is 24.5 Å². The minimum absolute atomic E-state index is 0.0658. The van der Waals surface area contributed by atoms with E-state index in [0.29, 0.717) is 5.92 Å². The molecule has 0 saturated heterocycles. The number of hydrogen-bond acceptors (Lipinski definition) is 4. The maximum Gasteiger partial charge on any atom is 0.334 e. The van der Waals surface area contributed by atoms with Gasteiger partial charge in [0, 0.05) is 19.8 Å². The molecule has 7 nitrogen and oxygen atoms in total. The Bertz CT molecular complexity index is 302. The molecule has 0 aromatic rings. The average molecular weight is 274 g/mol. The number of ether oxygens (including phenoxy) is 1. The molecule has 0 radical (unpaired) electrons. The number of nitrogens with one attached hydrogen (secondary N) is 2. The lowest BCUT2D eigenvalue weighted by Crippen LogP contribution is -2.47. The Morgan fingerprint density at radius 1 is 1.32 bits per heavy atom. The van der Waals surface area contributed by atoms with E-state index in [1.54, 1.807) is 0 Å². The summed E-state index contributed by atoms with van der Waals surface area (Å²) >= 11 is 0. The van der Waals surface area contributed by atoms with Gasteiger partial charge in [0.15, 0.2) is 6.10 Å². The highest BCUT2D eigenvalue weighted by Crippen LogP contribution is 2.23. The molecule has 2 amide bonds. The summed E-state index contributed by atoms with van der Waals surface area (Å²) in [5.41, 5.74) is 0. The highest BCUT2D eigenvalue weighted by molar-refractivity contribution is 5.77. The van der Waals surface area contributed by atoms with Crippen molar-refractivity contribution in [2.24, 2.45) is 5.92 Å². The van der Waals surface area contributed by atoms with Gasteiger partial charge < -0.3 is 25.6 Å². The van der Waals surface area contributed by atoms with E-state index in [-0.39, 0.29) is 25.2 Å². The van der Waals surface area contributed by atoms with Crippen LogP contribution in [0.4, 0.5) is 4.79 Å². The summed E-state index contributed by atoms with van der Waals surface area (Å²) in [6, 6.07) is -0.288. The summed E-state index contributed by atoms with van der Waals surface area (Å²) in [7, 11) is 1.29. The number of aliphatic hydroxyl groups excluding tert-OH is 1. The van der Waals surface area contributed by atoms with Gasteiger partial charge in [0.25, 0.3) is 0 Å². The van der Waals surface area contributed by atoms with Crippen LogP contribution in [-0.2, 0) is 9.53 Å². The number of aliphatic hydroxyl groups is 1. The van der Waals surface area contributed by atoms with Gasteiger partial charge >= 0.3 is 12.0 Å². The molecule has 1 fully saturated rings. The number of rotatable bonds is 6. The number of carboxylic acid groups (broad SMARTS) is 1. The van der Waals surface area contributed by atoms with Gasteiger partial charge in [-0.05, 0) is 31.6 Å². The lowest BCUT2D eigenvalue weighted by Gasteiger charge is -2.28. The molecule has 0 spiro atoms. The van der Waals surface area contributed by atoms with E-state index in [0.717, 1.165) is 25.7 Å². The molecule has 1 atom stereocenters. The number of carbonyl (C=O) groups is 2. The second kappa shape index (κ2) is 7.96. The third kappa shape index (κ3) is 5.44. The maximum atomic E-state index is 11.6. The quantitative estimate of drug-likeness (QED) is 0.542. The van der Waals surface area contributed by atoms with Crippen LogP contribution in [-0.4, -0.2) is 54.6 Å². The summed E-state index contributed by atoms with van der Waals surface area (Å²) < 4.78 is 4.71. The van der Waals surface area contributed by atoms with Crippen molar-refractivity contribution in [2.75, 3.05) is 20.3 Å². The van der Waals surface area contributed by atoms with Crippen molar-refractivity contribution in [3.63, 3.8) is 0 Å². The lowest BCUT2D eigenvalue weighted by molar-refractivity contribution is -0.147. The molecule has 0 aromatic heterocycles. The Hall–Kier alpha value is -1.34. The Morgan fingerprint density at radius 2 is 1.95 bits per heavy atom. The van der Waals surface area contributed by atoms with Gasteiger partial charge in [-0.3, -0.25) is 0 Å². The molecule has 1 unspecified atom stereocenters. The minimum atomic E-state index is -1.11. The highest BCUT2D eigenvalue weighted by Gasteiger charge is 2.22. The normalized spacial score (nSPS) is 24.5. The molecule has 1 aliphatic rings. The largest absolute Gasteiger partial charge is 0.479 e. The first-order valence-corrected chi connectivity index (χ1v) is 6.47. The Morgan fingerprint density at radius 3 is 2.42 bits per heavy atom. The fourth-order valence-corrected chi connectivity index (χ4v) is 2.18. The second-order valence-electron chi connectivity index (χ2n) is 4.82. The summed E-state index contributed by atoms with van der Waals surface area (Å²) in [6.45, 7) is 0.136. The summed E-state index contributed by atoms with van der Waals surface area (Å²) in [6.07, 6.45) is 2.45. The minimum Gasteiger partial charge on any atom is -0.479 e. The molecule has 4 N–H and O–H groups in total. The molecule has 7 heteroatoms. The first-order chi connectivity index (χ1) is 9.06. The predicted molar refractivity (Wildman–Crippen MR) is 67.8 cm³/mol. The van der Waals surface area contributed by atoms with Gasteiger partial charge in [-0.1, -0.05) is 0 Å². The van der Waals surface area contributed by atoms with Crippen LogP contribution in [0.25, 0.3) is 0 Å². The molecule has 1 rings (SSSR count). The predicted octanol–water partition coefficient (Wildman–Crippen LogP) is -0.0637. The van der Waals surface area contributed by atoms with Gasteiger partial charge in [-0.15, -0.1) is 0 Å². The number of carboxylic acids is 1. The van der Waals surface area contributed by atoms with Crippen LogP contribution in [0, 0.1) is 5.92 Å². The van der Waals surface area contributed by atoms with E-state index in [2.05, 4.69) is 10.6 Å². The topological polar surface area (TPSA) is 108 Å². The summed E-state index contributed by atoms with van der Waals surface area (Å²) in [4.78, 5) is 22.3. The van der Waals surface area contributed by atoms with Gasteiger partial charge in [0.2, 0.25) is 0 Å². The molecule has 1 aliphatic carbocycles. The first kappa shape index (κ1) is 15.7. The van der Waals surface area contributed by atoms with Crippen LogP contribution in [0.5, 0.6) is 0 Å². The first-order valence-electron chi connectivity index (χ1n) is 6.47. The SMILES string of the molecule is COC(CNC(=O)NC1CCC(CO)CC1)C(=O)O. The van der Waals surface area contributed by atoms with E-state index < -0.39 is 12.1 Å². The molecule has 0 bridgehead atoms. The van der Waals surface area contributed by atoms with Crippen LogP contribution in [0.3, 0.4) is 0 Å². The number of amides is 2. The van der Waals surface area contributed by atoms with Crippen molar-refractivity contribution in [1.29, 1.82) is 0 Å². The summed E-state index contributed by atoms with van der Waals surface area (Å²) in [5, 5.41) is 23.0. The third-order valence-corrected chi connectivity index (χ3v) is 3.45. The van der Waals surface area contributed by atoms with Crippen LogP contribution >= 0.6 is 0 Å². The highest BCUT2D eigenvalue weighted by atomic mass is 16.5. The van der Waals surface area contributed by atoms with Crippen molar-refractivity contribution in [3.05, 3.63) is 0 Å². The molecule has 19 heavy (non-hydrogen) atoms. The zero-order chi connectivity index (χ0) is 14.3. The van der Waals surface area contributed by atoms with E-state index >= 15 is 0 Å². The number of carbonyl (C=O) groups excluding carboxylic acids is 1. The van der Waals surface area contributed by atoms with E-state index in [9.17, 15) is 9.59 Å². The van der Waals surface area contributed by atoms with Gasteiger partial charge in [0.05, 0.1) is 6.54 Å². The number of urea groups is 1. The van der Waals surface area contributed by atoms with Crippen molar-refractivity contribution in [2.45, 2.75) is 37.8 Å². The molecular weight excluding hydrogens is 252 g/mol. The van der Waals surface area contributed by atoms with E-state index in [1.807, 2.05) is 0 Å². The van der Waals surface area contributed by atoms with Crippen molar-refractivity contribution in [1.82, 2.24) is 10.6 Å². The standard InChI is InChI=1S/C12H22N2O5/c1-19-10(11(16)17)6-13-12(18)14-9-4-2-8(7-15)3-5-9/h8-10,15H,2-7H2,1H3,(H,16,17)(H2,13,14,18). The fraction of sp³-hybridized carbons (Fsp3) is 0.833. The molecule has 0 aromatic carbocycles. The molecule has 0 heterocycles. The third-order valence-electron chi connectivity index (χ3n) is 3.45. The van der Waals surface area contributed by atoms with Gasteiger partial charge in [-0.25, -0.2) is 9.59 Å². The number of methoxy groups -OCH3 is 1. The fourth-order valence-electron chi connectivity index (χ4n) is 2.18. The molecule has 0 aliphatic heterocycles. The number of aliphatic carboxylic acids is 1. The zero-order valence-corrected chi connectivity index (χ0v) is 11.1. The Labute approximate surface area is 112 Å². The monoisotopic (exact) mass is 274 g/mol. The van der Waals surface area contributed by atoms with Crippen molar-refractivity contribution in [3.8, 4) is 0 Å². The Balaban J connectivity index is 2.23. The van der Waals surface area contributed by atoms with Crippen molar-refractivity contribution >= 4 is 12.0 Å². The smallest absolute Gasteiger partial charge is 0.334 e. The molecule has 110 valence electrons. The van der Waals surface area contributed by atoms with Gasteiger partial charge in [-0.2, -0.15) is 0 Å². The van der Waals surface area contributed by atoms with E-state index in [4.69, 9.17) is 14.9 Å². The van der Waals surface area contributed by atoms with Crippen LogP contribution in [0.1, 0.15) is 25.7 Å². The zero-order valence-electron chi connectivity index (χ0n) is 11.1. The number of hydrogen-bond donors (Lipinski definition) is 4. The second-order valence-corrected chi connectivity index (χ2v) is 4.82. The van der Waals surface area contributed by atoms with Crippen LogP contribution < -0.4 is 10.6 Å². The lowest BCUT2D eigenvalue weighted by atomic mass is 9.87. The molecular formula is C12H22N2O5. The van der Waals surface area contributed by atoms with E-state index in [1.165, 1.54) is 7.11 Å². The van der Waals surface area contributed by atoms with Crippen LogP contribution in [0.15, 0.2) is 0 Å². The molecule has 1 saturated carbocycles. The summed E-state index contributed by atoms with van der Waals surface area (Å²) in [5.74, 6) is -0.766. The average Bonchev–Trinajstić information content (AvgIpc) is 2.40. The maximum absolute atomic E-state index is 11.6.